The van der Waals surface area contributed by atoms with Crippen molar-refractivity contribution in [3.05, 3.63) is 90.7 Å². The Kier molecular flexibility index (Phi) is 6.50. The highest BCUT2D eigenvalue weighted by atomic mass is 127. The summed E-state index contributed by atoms with van der Waals surface area (Å²) in [5.74, 6) is -0.849. The number of carbonyl (C=O) groups is 2. The van der Waals surface area contributed by atoms with Gasteiger partial charge in [-0.2, -0.15) is 0 Å². The summed E-state index contributed by atoms with van der Waals surface area (Å²) in [7, 11) is 0. The molecule has 0 aliphatic heterocycles. The molecule has 0 atom stereocenters. The Hall–Kier alpha value is -2.23. The SMILES string of the molecule is Cc1sc2sc(I)c(C(=O)OCc3ccccc3)c2c1C(=O)OCc1ccccc1. The molecular weight excluding hydrogens is 531 g/mol. The average molecular weight is 548 g/mol. The third kappa shape index (κ3) is 4.43. The normalized spacial score (nSPS) is 10.9. The summed E-state index contributed by atoms with van der Waals surface area (Å²) in [6.07, 6.45) is 0. The largest absolute Gasteiger partial charge is 0.457 e. The van der Waals surface area contributed by atoms with E-state index in [9.17, 15) is 9.59 Å². The van der Waals surface area contributed by atoms with E-state index in [0.29, 0.717) is 16.5 Å². The molecule has 0 N–H and O–H groups in total. The summed E-state index contributed by atoms with van der Waals surface area (Å²) in [6.45, 7) is 2.25. The lowest BCUT2D eigenvalue weighted by molar-refractivity contribution is 0.0473. The molecule has 0 amide bonds. The number of benzene rings is 2. The van der Waals surface area contributed by atoms with E-state index in [1.54, 1.807) is 0 Å². The van der Waals surface area contributed by atoms with Crippen LogP contribution in [0, 0.1) is 9.81 Å². The molecule has 30 heavy (non-hydrogen) atoms. The van der Waals surface area contributed by atoms with E-state index in [1.807, 2.05) is 67.6 Å². The maximum atomic E-state index is 12.9. The summed E-state index contributed by atoms with van der Waals surface area (Å²) in [5, 5.41) is 0.642. The van der Waals surface area contributed by atoms with Crippen LogP contribution in [0.2, 0.25) is 0 Å². The summed E-state index contributed by atoms with van der Waals surface area (Å²) in [5.41, 5.74) is 2.73. The van der Waals surface area contributed by atoms with E-state index < -0.39 is 11.9 Å². The Labute approximate surface area is 195 Å². The molecule has 0 spiro atoms. The molecule has 2 heterocycles. The smallest absolute Gasteiger partial charge is 0.341 e. The molecule has 0 bridgehead atoms. The zero-order valence-electron chi connectivity index (χ0n) is 16.0. The van der Waals surface area contributed by atoms with Gasteiger partial charge in [0.1, 0.15) is 13.2 Å². The number of halogens is 1. The first-order valence-corrected chi connectivity index (χ1v) is 11.9. The fourth-order valence-corrected chi connectivity index (χ4v) is 7.09. The maximum absolute atomic E-state index is 12.9. The van der Waals surface area contributed by atoms with Crippen molar-refractivity contribution < 1.29 is 19.1 Å². The molecule has 4 rings (SSSR count). The first-order chi connectivity index (χ1) is 14.5. The lowest BCUT2D eigenvalue weighted by Gasteiger charge is -2.07. The number of esters is 2. The highest BCUT2D eigenvalue weighted by Crippen LogP contribution is 2.42. The fraction of sp³-hybridized carbons (Fsp3) is 0.130. The predicted octanol–water partition coefficient (Wildman–Crippen LogP) is 6.59. The van der Waals surface area contributed by atoms with Crippen LogP contribution in [0.1, 0.15) is 36.7 Å². The van der Waals surface area contributed by atoms with Crippen LogP contribution in [0.3, 0.4) is 0 Å². The van der Waals surface area contributed by atoms with Crippen LogP contribution in [0.15, 0.2) is 60.7 Å². The van der Waals surface area contributed by atoms with Gasteiger partial charge in [-0.1, -0.05) is 60.7 Å². The number of aryl methyl sites for hydroxylation is 1. The van der Waals surface area contributed by atoms with Crippen LogP contribution in [0.25, 0.3) is 9.40 Å². The number of rotatable bonds is 6. The Morgan fingerprint density at radius 3 is 1.83 bits per heavy atom. The standard InChI is InChI=1S/C23H17IO4S2/c1-14-17(21(25)27-12-15-8-4-2-5-9-15)18-19(20(24)30-23(18)29-14)22(26)28-13-16-10-6-3-7-11-16/h2-11H,12-13H2,1H3. The Bertz CT molecular complexity index is 1110. The second-order valence-corrected chi connectivity index (χ2v) is 10.9. The molecule has 0 unspecified atom stereocenters. The molecule has 0 fully saturated rings. The summed E-state index contributed by atoms with van der Waals surface area (Å²) in [4.78, 5) is 26.7. The van der Waals surface area contributed by atoms with Gasteiger partial charge in [0.05, 0.1) is 18.0 Å². The van der Waals surface area contributed by atoms with Crippen LogP contribution in [-0.2, 0) is 22.7 Å². The van der Waals surface area contributed by atoms with Crippen LogP contribution in [0.4, 0.5) is 0 Å². The minimum Gasteiger partial charge on any atom is -0.457 e. The zero-order chi connectivity index (χ0) is 21.1. The summed E-state index contributed by atoms with van der Waals surface area (Å²) < 4.78 is 12.8. The van der Waals surface area contributed by atoms with Crippen LogP contribution >= 0.6 is 45.3 Å². The summed E-state index contributed by atoms with van der Waals surface area (Å²) in [6, 6.07) is 19.1. The first-order valence-electron chi connectivity index (χ1n) is 9.18. The van der Waals surface area contributed by atoms with E-state index in [0.717, 1.165) is 22.9 Å². The number of hydrogen-bond donors (Lipinski definition) is 0. The van der Waals surface area contributed by atoms with E-state index in [1.165, 1.54) is 22.7 Å². The second-order valence-electron chi connectivity index (χ2n) is 6.57. The molecule has 152 valence electrons. The topological polar surface area (TPSA) is 52.6 Å². The molecule has 2 aromatic heterocycles. The molecule has 7 heteroatoms. The number of ether oxygens (including phenoxy) is 2. The van der Waals surface area contributed by atoms with Gasteiger partial charge in [-0.3, -0.25) is 0 Å². The van der Waals surface area contributed by atoms with Gasteiger partial charge in [0, 0.05) is 10.3 Å². The number of hydrogen-bond acceptors (Lipinski definition) is 6. The molecule has 0 aliphatic rings. The molecule has 0 aliphatic carbocycles. The van der Waals surface area contributed by atoms with Crippen molar-refractivity contribution in [1.29, 1.82) is 0 Å². The molecular formula is C23H17IO4S2. The van der Waals surface area contributed by atoms with E-state index in [-0.39, 0.29) is 13.2 Å². The van der Waals surface area contributed by atoms with E-state index in [2.05, 4.69) is 22.6 Å². The fourth-order valence-electron chi connectivity index (χ4n) is 3.07. The van der Waals surface area contributed by atoms with Crippen LogP contribution in [0.5, 0.6) is 0 Å². The lowest BCUT2D eigenvalue weighted by atomic mass is 10.1. The third-order valence-electron chi connectivity index (χ3n) is 4.51. The minimum absolute atomic E-state index is 0.185. The van der Waals surface area contributed by atoms with Gasteiger partial charge in [0.15, 0.2) is 0 Å². The van der Waals surface area contributed by atoms with Crippen molar-refractivity contribution in [2.24, 2.45) is 0 Å². The van der Waals surface area contributed by atoms with Crippen molar-refractivity contribution >= 4 is 66.6 Å². The van der Waals surface area contributed by atoms with Crippen molar-refractivity contribution in [3.8, 4) is 0 Å². The van der Waals surface area contributed by atoms with Crippen molar-refractivity contribution in [2.45, 2.75) is 20.1 Å². The van der Waals surface area contributed by atoms with Crippen LogP contribution in [-0.4, -0.2) is 11.9 Å². The Morgan fingerprint density at radius 2 is 1.30 bits per heavy atom. The second kappa shape index (κ2) is 9.28. The van der Waals surface area contributed by atoms with Gasteiger partial charge in [0.2, 0.25) is 0 Å². The number of carbonyl (C=O) groups excluding carboxylic acids is 2. The predicted molar refractivity (Wildman–Crippen MR) is 128 cm³/mol. The van der Waals surface area contributed by atoms with Gasteiger partial charge in [-0.05, 0) is 40.6 Å². The molecule has 0 saturated heterocycles. The highest BCUT2D eigenvalue weighted by Gasteiger charge is 2.28. The summed E-state index contributed by atoms with van der Waals surface area (Å²) >= 11 is 5.13. The molecule has 2 aromatic carbocycles. The molecule has 4 nitrogen and oxygen atoms in total. The van der Waals surface area contributed by atoms with Gasteiger partial charge in [0.25, 0.3) is 0 Å². The number of thiophene rings is 2. The Balaban J connectivity index is 1.60. The van der Waals surface area contributed by atoms with Gasteiger partial charge in [-0.25, -0.2) is 9.59 Å². The quantitative estimate of drug-likeness (QED) is 0.202. The van der Waals surface area contributed by atoms with Gasteiger partial charge in [-0.15, -0.1) is 22.7 Å². The highest BCUT2D eigenvalue weighted by molar-refractivity contribution is 14.1. The third-order valence-corrected chi connectivity index (χ3v) is 7.89. The zero-order valence-corrected chi connectivity index (χ0v) is 19.8. The first kappa shape index (κ1) is 21.0. The van der Waals surface area contributed by atoms with E-state index in [4.69, 9.17) is 9.47 Å². The lowest BCUT2D eigenvalue weighted by Crippen LogP contribution is -2.10. The van der Waals surface area contributed by atoms with Crippen molar-refractivity contribution in [1.82, 2.24) is 0 Å². The van der Waals surface area contributed by atoms with Crippen molar-refractivity contribution in [3.63, 3.8) is 0 Å². The van der Waals surface area contributed by atoms with Crippen LogP contribution < -0.4 is 0 Å². The number of fused-ring (bicyclic) bond motifs is 1. The molecule has 4 aromatic rings. The maximum Gasteiger partial charge on any atom is 0.341 e. The Morgan fingerprint density at radius 1 is 0.800 bits per heavy atom. The molecule has 0 radical (unpaired) electrons. The monoisotopic (exact) mass is 548 g/mol. The van der Waals surface area contributed by atoms with Gasteiger partial charge < -0.3 is 9.47 Å². The average Bonchev–Trinajstić information content (AvgIpc) is 3.24. The van der Waals surface area contributed by atoms with E-state index >= 15 is 0 Å². The van der Waals surface area contributed by atoms with Crippen molar-refractivity contribution in [2.75, 3.05) is 0 Å². The minimum atomic E-state index is -0.426. The van der Waals surface area contributed by atoms with Gasteiger partial charge >= 0.3 is 11.9 Å². The molecule has 0 saturated carbocycles.